The zero-order valence-corrected chi connectivity index (χ0v) is 14.4. The monoisotopic (exact) mass is 362 g/mol. The molecule has 1 saturated heterocycles. The molecule has 0 bridgehead atoms. The molecule has 0 saturated carbocycles. The van der Waals surface area contributed by atoms with Gasteiger partial charge in [0.15, 0.2) is 12.2 Å². The predicted octanol–water partition coefficient (Wildman–Crippen LogP) is 3.23. The van der Waals surface area contributed by atoms with E-state index in [9.17, 15) is 9.59 Å². The molecular weight excluding hydrogens is 344 g/mol. The van der Waals surface area contributed by atoms with Crippen LogP contribution in [0.2, 0.25) is 0 Å². The summed E-state index contributed by atoms with van der Waals surface area (Å²) in [5.74, 6) is -0.970. The van der Waals surface area contributed by atoms with Gasteiger partial charge in [-0.2, -0.15) is 0 Å². The molecule has 1 fully saturated rings. The van der Waals surface area contributed by atoms with Gasteiger partial charge in [0.05, 0.1) is 0 Å². The summed E-state index contributed by atoms with van der Waals surface area (Å²) in [4.78, 5) is 23.9. The van der Waals surface area contributed by atoms with E-state index in [1.165, 1.54) is 12.2 Å². The van der Waals surface area contributed by atoms with Crippen LogP contribution in [0.5, 0.6) is 0 Å². The van der Waals surface area contributed by atoms with Gasteiger partial charge in [-0.3, -0.25) is 0 Å². The first-order valence-electron chi connectivity index (χ1n) is 8.74. The normalized spacial score (nSPS) is 26.6. The van der Waals surface area contributed by atoms with Crippen LogP contribution in [0.25, 0.3) is 6.08 Å². The maximum absolute atomic E-state index is 12.2. The average Bonchev–Trinajstić information content (AvgIpc) is 3.50. The molecule has 0 N–H and O–H groups in total. The topological polar surface area (TPSA) is 65.1 Å². The standard InChI is InChI=1S/C22H18O5/c23-18(13-11-15-7-3-1-4-8-15)25-17-12-14-19(24)26-21(17)22-20(27-22)16-9-5-2-6-10-16/h1-14,17,20-22H/t17-,20-,21-,22-/m1/s1. The van der Waals surface area contributed by atoms with Gasteiger partial charge in [0.25, 0.3) is 0 Å². The second kappa shape index (κ2) is 7.60. The highest BCUT2D eigenvalue weighted by molar-refractivity contribution is 5.88. The number of carbonyl (C=O) groups excluding carboxylic acids is 2. The highest BCUT2D eigenvalue weighted by atomic mass is 16.6. The minimum Gasteiger partial charge on any atom is -0.452 e. The SMILES string of the molecule is O=C1C=C[C@@H](OC(=O)C=Cc2ccccc2)[C@H]([C@@H]2O[C@@H]2c2ccccc2)O1. The molecule has 5 heteroatoms. The summed E-state index contributed by atoms with van der Waals surface area (Å²) in [7, 11) is 0. The number of benzene rings is 2. The van der Waals surface area contributed by atoms with Crippen molar-refractivity contribution < 1.29 is 23.8 Å². The van der Waals surface area contributed by atoms with Gasteiger partial charge in [-0.1, -0.05) is 60.7 Å². The molecule has 2 aromatic carbocycles. The van der Waals surface area contributed by atoms with E-state index < -0.39 is 24.1 Å². The van der Waals surface area contributed by atoms with Crippen molar-refractivity contribution in [3.63, 3.8) is 0 Å². The number of esters is 2. The van der Waals surface area contributed by atoms with E-state index in [0.29, 0.717) is 0 Å². The van der Waals surface area contributed by atoms with Crippen LogP contribution < -0.4 is 0 Å². The zero-order chi connectivity index (χ0) is 18.6. The minimum atomic E-state index is -0.686. The van der Waals surface area contributed by atoms with Gasteiger partial charge in [0.1, 0.15) is 12.2 Å². The predicted molar refractivity (Wildman–Crippen MR) is 98.4 cm³/mol. The van der Waals surface area contributed by atoms with E-state index in [-0.39, 0.29) is 12.2 Å². The van der Waals surface area contributed by atoms with Crippen molar-refractivity contribution in [1.29, 1.82) is 0 Å². The van der Waals surface area contributed by atoms with Gasteiger partial charge < -0.3 is 14.2 Å². The fourth-order valence-corrected chi connectivity index (χ4v) is 3.07. The number of ether oxygens (including phenoxy) is 3. The molecule has 0 radical (unpaired) electrons. The van der Waals surface area contributed by atoms with E-state index in [4.69, 9.17) is 14.2 Å². The maximum atomic E-state index is 12.2. The maximum Gasteiger partial charge on any atom is 0.331 e. The number of hydrogen-bond acceptors (Lipinski definition) is 5. The Labute approximate surface area is 156 Å². The molecule has 136 valence electrons. The average molecular weight is 362 g/mol. The van der Waals surface area contributed by atoms with Gasteiger partial charge >= 0.3 is 11.9 Å². The first-order valence-corrected chi connectivity index (χ1v) is 8.74. The molecule has 27 heavy (non-hydrogen) atoms. The molecule has 5 nitrogen and oxygen atoms in total. The van der Waals surface area contributed by atoms with Crippen LogP contribution in [0, 0.1) is 0 Å². The van der Waals surface area contributed by atoms with Crippen LogP contribution in [-0.4, -0.2) is 30.3 Å². The lowest BCUT2D eigenvalue weighted by atomic mass is 10.0. The molecule has 0 spiro atoms. The molecule has 2 heterocycles. The van der Waals surface area contributed by atoms with Crippen molar-refractivity contribution in [3.8, 4) is 0 Å². The Hall–Kier alpha value is -3.18. The molecule has 0 unspecified atom stereocenters. The molecule has 4 rings (SSSR count). The number of carbonyl (C=O) groups is 2. The Morgan fingerprint density at radius 1 is 0.963 bits per heavy atom. The Balaban J connectivity index is 1.42. The third-order valence-electron chi connectivity index (χ3n) is 4.44. The lowest BCUT2D eigenvalue weighted by Gasteiger charge is -2.25. The van der Waals surface area contributed by atoms with E-state index in [0.717, 1.165) is 11.1 Å². The molecule has 0 aliphatic carbocycles. The fraction of sp³-hybridized carbons (Fsp3) is 0.182. The van der Waals surface area contributed by atoms with Gasteiger partial charge in [-0.05, 0) is 23.3 Å². The fourth-order valence-electron chi connectivity index (χ4n) is 3.07. The van der Waals surface area contributed by atoms with Crippen LogP contribution in [0.3, 0.4) is 0 Å². The van der Waals surface area contributed by atoms with Crippen LogP contribution in [0.15, 0.2) is 78.9 Å². The molecule has 2 aliphatic rings. The second-order valence-electron chi connectivity index (χ2n) is 6.34. The third-order valence-corrected chi connectivity index (χ3v) is 4.44. The lowest BCUT2D eigenvalue weighted by molar-refractivity contribution is -0.161. The van der Waals surface area contributed by atoms with Gasteiger partial charge in [-0.25, -0.2) is 9.59 Å². The summed E-state index contributed by atoms with van der Waals surface area (Å²) in [6.07, 6.45) is 4.00. The van der Waals surface area contributed by atoms with Gasteiger partial charge in [0.2, 0.25) is 0 Å². The summed E-state index contributed by atoms with van der Waals surface area (Å²) in [6.45, 7) is 0. The largest absolute Gasteiger partial charge is 0.452 e. The van der Waals surface area contributed by atoms with Gasteiger partial charge in [0, 0.05) is 12.2 Å². The minimum absolute atomic E-state index is 0.170. The summed E-state index contributed by atoms with van der Waals surface area (Å²) in [6, 6.07) is 19.1. The molecule has 2 aromatic rings. The number of epoxide rings is 1. The molecule has 4 atom stereocenters. The molecule has 2 aliphatic heterocycles. The molecule has 0 aromatic heterocycles. The lowest BCUT2D eigenvalue weighted by Crippen LogP contribution is -2.40. The van der Waals surface area contributed by atoms with Crippen molar-refractivity contribution in [2.75, 3.05) is 0 Å². The Bertz CT molecular complexity index is 872. The van der Waals surface area contributed by atoms with E-state index in [1.54, 1.807) is 12.2 Å². The zero-order valence-electron chi connectivity index (χ0n) is 14.4. The number of cyclic esters (lactones) is 1. The highest BCUT2D eigenvalue weighted by Gasteiger charge is 2.52. The number of rotatable bonds is 5. The van der Waals surface area contributed by atoms with E-state index in [1.807, 2.05) is 60.7 Å². The van der Waals surface area contributed by atoms with Crippen molar-refractivity contribution in [3.05, 3.63) is 90.0 Å². The van der Waals surface area contributed by atoms with Crippen molar-refractivity contribution in [2.45, 2.75) is 24.4 Å². The Morgan fingerprint density at radius 2 is 1.67 bits per heavy atom. The van der Waals surface area contributed by atoms with Crippen molar-refractivity contribution in [2.24, 2.45) is 0 Å². The molecular formula is C22H18O5. The second-order valence-corrected chi connectivity index (χ2v) is 6.34. The molecule has 0 amide bonds. The first kappa shape index (κ1) is 17.2. The van der Waals surface area contributed by atoms with Crippen LogP contribution >= 0.6 is 0 Å². The third kappa shape index (κ3) is 4.15. The summed E-state index contributed by atoms with van der Waals surface area (Å²) < 4.78 is 16.6. The van der Waals surface area contributed by atoms with Crippen LogP contribution in [0.4, 0.5) is 0 Å². The smallest absolute Gasteiger partial charge is 0.331 e. The highest BCUT2D eigenvalue weighted by Crippen LogP contribution is 2.43. The van der Waals surface area contributed by atoms with Crippen LogP contribution in [0.1, 0.15) is 17.2 Å². The Kier molecular flexibility index (Phi) is 4.85. The summed E-state index contributed by atoms with van der Waals surface area (Å²) in [5, 5.41) is 0. The quantitative estimate of drug-likeness (QED) is 0.464. The van der Waals surface area contributed by atoms with Crippen molar-refractivity contribution >= 4 is 18.0 Å². The van der Waals surface area contributed by atoms with E-state index >= 15 is 0 Å². The summed E-state index contributed by atoms with van der Waals surface area (Å²) in [5.41, 5.74) is 1.90. The summed E-state index contributed by atoms with van der Waals surface area (Å²) >= 11 is 0. The number of hydrogen-bond donors (Lipinski definition) is 0. The van der Waals surface area contributed by atoms with Gasteiger partial charge in [-0.15, -0.1) is 0 Å². The van der Waals surface area contributed by atoms with E-state index in [2.05, 4.69) is 0 Å². The van der Waals surface area contributed by atoms with Crippen LogP contribution in [-0.2, 0) is 23.8 Å². The van der Waals surface area contributed by atoms with Crippen molar-refractivity contribution in [1.82, 2.24) is 0 Å². The first-order chi connectivity index (χ1) is 13.2. The Morgan fingerprint density at radius 3 is 2.41 bits per heavy atom.